The third-order valence-corrected chi connectivity index (χ3v) is 11.1. The quantitative estimate of drug-likeness (QED) is 0.190. The van der Waals surface area contributed by atoms with Crippen molar-refractivity contribution in [2.24, 2.45) is 0 Å². The predicted molar refractivity (Wildman–Crippen MR) is 194 cm³/mol. The first kappa shape index (κ1) is 25.5. The van der Waals surface area contributed by atoms with Crippen molar-refractivity contribution in [3.8, 4) is 44.5 Å². The Labute approximate surface area is 264 Å². The van der Waals surface area contributed by atoms with E-state index < -0.39 is 0 Å². The first-order valence-electron chi connectivity index (χ1n) is 14.9. The van der Waals surface area contributed by atoms with Crippen LogP contribution < -0.4 is 0 Å². The summed E-state index contributed by atoms with van der Waals surface area (Å²) in [6, 6.07) is 57.7. The lowest BCUT2D eigenvalue weighted by molar-refractivity contribution is 1.62. The molecule has 0 unspecified atom stereocenters. The Bertz CT molecular complexity index is 2330. The minimum absolute atomic E-state index is 1.24. The standard InChI is InChI=1S/C42H26S2/c1-4-11-27(12-5-1)30-17-10-18-33(23-30)40-41-36(34-24-31(19-21-38(34)43-41)28-13-6-2-7-14-28)26-37-35-25-32(29-15-8-3-9-16-29)20-22-39(35)44-42(37)40/h1-26H. The van der Waals surface area contributed by atoms with Crippen molar-refractivity contribution in [3.05, 3.63) is 158 Å². The molecule has 2 aromatic heterocycles. The Morgan fingerprint density at radius 3 is 1.16 bits per heavy atom. The van der Waals surface area contributed by atoms with Crippen molar-refractivity contribution in [2.45, 2.75) is 0 Å². The molecule has 9 aromatic rings. The molecule has 206 valence electrons. The molecule has 0 atom stereocenters. The SMILES string of the molecule is c1ccc(-c2cccc(-c3c4sc5ccc(-c6ccccc6)cc5c4cc4c3sc3ccc(-c5ccccc5)cc34)c2)cc1. The Morgan fingerprint density at radius 1 is 0.273 bits per heavy atom. The molecule has 9 rings (SSSR count). The van der Waals surface area contributed by atoms with Crippen molar-refractivity contribution in [1.29, 1.82) is 0 Å². The molecule has 0 N–H and O–H groups in total. The van der Waals surface area contributed by atoms with Gasteiger partial charge in [-0.25, -0.2) is 0 Å². The smallest absolute Gasteiger partial charge is 0.0448 e. The van der Waals surface area contributed by atoms with Gasteiger partial charge in [0.15, 0.2) is 0 Å². The zero-order valence-electron chi connectivity index (χ0n) is 23.8. The van der Waals surface area contributed by atoms with Crippen LogP contribution >= 0.6 is 22.7 Å². The third-order valence-electron chi connectivity index (χ3n) is 8.67. The number of fused-ring (bicyclic) bond motifs is 6. The van der Waals surface area contributed by atoms with Crippen molar-refractivity contribution < 1.29 is 0 Å². The average molecular weight is 595 g/mol. The van der Waals surface area contributed by atoms with Crippen LogP contribution in [-0.4, -0.2) is 0 Å². The molecule has 0 radical (unpaired) electrons. The predicted octanol–water partition coefficient (Wildman–Crippen LogP) is 13.1. The van der Waals surface area contributed by atoms with E-state index in [0.29, 0.717) is 0 Å². The molecule has 0 amide bonds. The van der Waals surface area contributed by atoms with Gasteiger partial charge in [-0.3, -0.25) is 0 Å². The molecule has 0 saturated carbocycles. The molecule has 2 heterocycles. The van der Waals surface area contributed by atoms with Gasteiger partial charge >= 0.3 is 0 Å². The lowest BCUT2D eigenvalue weighted by Crippen LogP contribution is -1.83. The normalized spacial score (nSPS) is 11.6. The number of thiophene rings is 2. The minimum Gasteiger partial charge on any atom is -0.134 e. The van der Waals surface area contributed by atoms with Crippen LogP contribution in [0.25, 0.3) is 84.9 Å². The zero-order valence-corrected chi connectivity index (χ0v) is 25.5. The summed E-state index contributed by atoms with van der Waals surface area (Å²) in [5, 5.41) is 5.32. The molecule has 44 heavy (non-hydrogen) atoms. The first-order chi connectivity index (χ1) is 21.8. The van der Waals surface area contributed by atoms with E-state index in [1.165, 1.54) is 84.9 Å². The highest BCUT2D eigenvalue weighted by Gasteiger charge is 2.19. The Balaban J connectivity index is 1.37. The maximum atomic E-state index is 2.47. The van der Waals surface area contributed by atoms with Gasteiger partial charge in [0.1, 0.15) is 0 Å². The summed E-state index contributed by atoms with van der Waals surface area (Å²) < 4.78 is 5.37. The second-order valence-electron chi connectivity index (χ2n) is 11.3. The second kappa shape index (κ2) is 10.3. The number of rotatable bonds is 4. The molecule has 0 saturated heterocycles. The van der Waals surface area contributed by atoms with Crippen LogP contribution in [0.3, 0.4) is 0 Å². The summed E-state index contributed by atoms with van der Waals surface area (Å²) in [5.74, 6) is 0. The zero-order chi connectivity index (χ0) is 29.0. The van der Waals surface area contributed by atoms with Gasteiger partial charge in [0.05, 0.1) is 0 Å². The Kier molecular flexibility index (Phi) is 5.97. The molecule has 0 aliphatic carbocycles. The topological polar surface area (TPSA) is 0 Å². The van der Waals surface area contributed by atoms with Crippen LogP contribution in [-0.2, 0) is 0 Å². The van der Waals surface area contributed by atoms with E-state index in [1.807, 2.05) is 22.7 Å². The first-order valence-corrected chi connectivity index (χ1v) is 16.6. The van der Waals surface area contributed by atoms with Gasteiger partial charge in [0.2, 0.25) is 0 Å². The molecule has 0 bridgehead atoms. The second-order valence-corrected chi connectivity index (χ2v) is 13.4. The molecular weight excluding hydrogens is 569 g/mol. The molecule has 0 aliphatic rings. The summed E-state index contributed by atoms with van der Waals surface area (Å²) in [5.41, 5.74) is 10.1. The molecule has 7 aromatic carbocycles. The van der Waals surface area contributed by atoms with Gasteiger partial charge in [-0.05, 0) is 75.3 Å². The molecule has 0 spiro atoms. The van der Waals surface area contributed by atoms with Crippen molar-refractivity contribution in [2.75, 3.05) is 0 Å². The van der Waals surface area contributed by atoms with E-state index in [2.05, 4.69) is 158 Å². The van der Waals surface area contributed by atoms with Gasteiger partial charge < -0.3 is 0 Å². The fraction of sp³-hybridized carbons (Fsp3) is 0. The van der Waals surface area contributed by atoms with Crippen LogP contribution in [0, 0.1) is 0 Å². The van der Waals surface area contributed by atoms with Gasteiger partial charge in [-0.1, -0.05) is 121 Å². The van der Waals surface area contributed by atoms with E-state index in [4.69, 9.17) is 0 Å². The van der Waals surface area contributed by atoms with Gasteiger partial charge in [0, 0.05) is 45.9 Å². The van der Waals surface area contributed by atoms with Crippen LogP contribution in [0.15, 0.2) is 158 Å². The van der Waals surface area contributed by atoms with Gasteiger partial charge in [-0.2, -0.15) is 0 Å². The van der Waals surface area contributed by atoms with Crippen molar-refractivity contribution >= 4 is 63.0 Å². The Hall–Kier alpha value is -5.02. The van der Waals surface area contributed by atoms with Gasteiger partial charge in [0.25, 0.3) is 0 Å². The lowest BCUT2D eigenvalue weighted by Gasteiger charge is -2.09. The van der Waals surface area contributed by atoms with E-state index in [-0.39, 0.29) is 0 Å². The molecule has 2 heteroatoms. The largest absolute Gasteiger partial charge is 0.134 e. The molecule has 0 nitrogen and oxygen atoms in total. The lowest BCUT2D eigenvalue weighted by atomic mass is 9.95. The fourth-order valence-corrected chi connectivity index (χ4v) is 9.04. The minimum atomic E-state index is 1.24. The van der Waals surface area contributed by atoms with Crippen molar-refractivity contribution in [1.82, 2.24) is 0 Å². The fourth-order valence-electron chi connectivity index (χ4n) is 6.51. The van der Waals surface area contributed by atoms with Gasteiger partial charge in [-0.15, -0.1) is 22.7 Å². The van der Waals surface area contributed by atoms with Crippen LogP contribution in [0.1, 0.15) is 0 Å². The summed E-state index contributed by atoms with van der Waals surface area (Å²) in [4.78, 5) is 0. The maximum Gasteiger partial charge on any atom is 0.0448 e. The summed E-state index contributed by atoms with van der Waals surface area (Å²) in [7, 11) is 0. The van der Waals surface area contributed by atoms with E-state index in [1.54, 1.807) is 0 Å². The summed E-state index contributed by atoms with van der Waals surface area (Å²) in [6.45, 7) is 0. The van der Waals surface area contributed by atoms with E-state index in [9.17, 15) is 0 Å². The van der Waals surface area contributed by atoms with Crippen molar-refractivity contribution in [3.63, 3.8) is 0 Å². The van der Waals surface area contributed by atoms with Crippen LogP contribution in [0.5, 0.6) is 0 Å². The number of hydrogen-bond donors (Lipinski definition) is 0. The van der Waals surface area contributed by atoms with E-state index in [0.717, 1.165) is 0 Å². The highest BCUT2D eigenvalue weighted by Crippen LogP contribution is 2.50. The monoisotopic (exact) mass is 594 g/mol. The third kappa shape index (κ3) is 4.18. The molecule has 0 fully saturated rings. The maximum absolute atomic E-state index is 2.47. The van der Waals surface area contributed by atoms with Crippen LogP contribution in [0.2, 0.25) is 0 Å². The number of hydrogen-bond acceptors (Lipinski definition) is 2. The molecule has 0 aliphatic heterocycles. The highest BCUT2D eigenvalue weighted by molar-refractivity contribution is 7.29. The summed E-state index contributed by atoms with van der Waals surface area (Å²) >= 11 is 3.84. The summed E-state index contributed by atoms with van der Waals surface area (Å²) in [6.07, 6.45) is 0. The molecular formula is C42H26S2. The number of benzene rings is 7. The van der Waals surface area contributed by atoms with Crippen LogP contribution in [0.4, 0.5) is 0 Å². The Morgan fingerprint density at radius 2 is 0.682 bits per heavy atom. The van der Waals surface area contributed by atoms with E-state index >= 15 is 0 Å². The highest BCUT2D eigenvalue weighted by atomic mass is 32.1. The average Bonchev–Trinajstić information content (AvgIpc) is 3.65.